The molecule has 2 aromatic heterocycles. The van der Waals surface area contributed by atoms with E-state index in [1.165, 1.54) is 38.2 Å². The van der Waals surface area contributed by atoms with E-state index in [9.17, 15) is 10.1 Å². The Morgan fingerprint density at radius 3 is 2.32 bits per heavy atom. The molecule has 0 unspecified atom stereocenters. The van der Waals surface area contributed by atoms with Crippen LogP contribution in [0.1, 0.15) is 4.88 Å². The second-order valence-corrected chi connectivity index (χ2v) is 10.8. The van der Waals surface area contributed by atoms with E-state index >= 15 is 0 Å². The Labute approximate surface area is 222 Å². The number of hydrogen-bond acceptors (Lipinski definition) is 5. The van der Waals surface area contributed by atoms with Crippen LogP contribution in [0, 0.1) is 24.5 Å². The second kappa shape index (κ2) is 9.41. The van der Waals surface area contributed by atoms with E-state index in [2.05, 4.69) is 63.1 Å². The summed E-state index contributed by atoms with van der Waals surface area (Å²) in [6.45, 7) is 14.7. The van der Waals surface area contributed by atoms with Crippen LogP contribution in [0.5, 0.6) is 0 Å². The quantitative estimate of drug-likeness (QED) is 0.213. The van der Waals surface area contributed by atoms with Crippen molar-refractivity contribution in [3.05, 3.63) is 105 Å². The summed E-state index contributed by atoms with van der Waals surface area (Å²) in [5.41, 5.74) is 2.39. The molecule has 1 amide bonds. The lowest BCUT2D eigenvalue weighted by Crippen LogP contribution is -2.21. The molecule has 0 aliphatic carbocycles. The van der Waals surface area contributed by atoms with E-state index in [-0.39, 0.29) is 22.7 Å². The molecular formula is C29H19N5OS2. The van der Waals surface area contributed by atoms with Crippen molar-refractivity contribution in [2.24, 2.45) is 0 Å². The van der Waals surface area contributed by atoms with Crippen molar-refractivity contribution in [2.75, 3.05) is 26.0 Å². The van der Waals surface area contributed by atoms with Crippen molar-refractivity contribution < 1.29 is 4.79 Å². The number of allylic oxidation sites excluding steroid dienone is 1. The fraction of sp³-hybridized carbons (Fsp3) is 0.103. The van der Waals surface area contributed by atoms with Gasteiger partial charge >= 0.3 is 0 Å². The monoisotopic (exact) mass is 517 g/mol. The molecule has 178 valence electrons. The number of anilines is 1. The predicted molar refractivity (Wildman–Crippen MR) is 152 cm³/mol. The van der Waals surface area contributed by atoms with E-state index in [0.29, 0.717) is 0 Å². The summed E-state index contributed by atoms with van der Waals surface area (Å²) < 4.78 is 2.34. The van der Waals surface area contributed by atoms with Gasteiger partial charge in [-0.15, -0.1) is 22.7 Å². The Bertz CT molecular complexity index is 1750. The van der Waals surface area contributed by atoms with E-state index < -0.39 is 5.91 Å². The first kappa shape index (κ1) is 24.0. The van der Waals surface area contributed by atoms with Gasteiger partial charge in [0, 0.05) is 51.6 Å². The number of likely N-dealkylation sites (N-methyl/N-ethyl adjacent to an activating group) is 1. The molecule has 0 radical (unpaired) electrons. The van der Waals surface area contributed by atoms with Crippen LogP contribution >= 0.6 is 22.7 Å². The maximum atomic E-state index is 12.8. The minimum Gasteiger partial charge on any atom is -0.378 e. The lowest BCUT2D eigenvalue weighted by molar-refractivity contribution is -0.122. The number of carbonyl (C=O) groups excluding carboxylic acids is 1. The highest BCUT2D eigenvalue weighted by Gasteiger charge is 2.34. The largest absolute Gasteiger partial charge is 0.378 e. The number of carbonyl (C=O) groups is 1. The van der Waals surface area contributed by atoms with Crippen molar-refractivity contribution in [2.45, 2.75) is 0 Å². The van der Waals surface area contributed by atoms with Crippen LogP contribution in [0.4, 0.5) is 5.69 Å². The van der Waals surface area contributed by atoms with Gasteiger partial charge in [-0.2, -0.15) is 0 Å². The van der Waals surface area contributed by atoms with Gasteiger partial charge in [-0.05, 0) is 58.8 Å². The molecule has 0 saturated carbocycles. The average Bonchev–Trinajstić information content (AvgIpc) is 3.56. The standard InChI is InChI=1S/C29H19N5OS2/c1-31-23(16-30)28-27(32-2)22(29(35)34(28)5)11-10-21-12-18-13-26-19(15-25(18)36-21)14-24(37-26)17-6-8-20(9-7-17)33(3)4/h6-15H,3-5H3/b11-10+,28-23+. The summed E-state index contributed by atoms with van der Waals surface area (Å²) in [4.78, 5) is 24.9. The fourth-order valence-electron chi connectivity index (χ4n) is 4.24. The number of nitriles is 1. The number of rotatable bonds is 4. The van der Waals surface area contributed by atoms with Crippen LogP contribution in [0.3, 0.4) is 0 Å². The van der Waals surface area contributed by atoms with Crippen LogP contribution in [0.25, 0.3) is 46.4 Å². The normalized spacial score (nSPS) is 14.9. The lowest BCUT2D eigenvalue weighted by Gasteiger charge is -2.12. The fourth-order valence-corrected chi connectivity index (χ4v) is 6.34. The van der Waals surface area contributed by atoms with Crippen LogP contribution in [-0.4, -0.2) is 32.0 Å². The molecule has 37 heavy (non-hydrogen) atoms. The molecule has 0 atom stereocenters. The van der Waals surface area contributed by atoms with Gasteiger partial charge in [0.2, 0.25) is 11.6 Å². The summed E-state index contributed by atoms with van der Waals surface area (Å²) in [6.07, 6.45) is 3.43. The molecule has 2 aromatic carbocycles. The second-order valence-electron chi connectivity index (χ2n) is 8.62. The third kappa shape index (κ3) is 4.17. The van der Waals surface area contributed by atoms with E-state index in [4.69, 9.17) is 13.1 Å². The van der Waals surface area contributed by atoms with Gasteiger partial charge in [-0.25, -0.2) is 15.0 Å². The van der Waals surface area contributed by atoms with Crippen molar-refractivity contribution in [1.29, 1.82) is 5.26 Å². The first-order valence-corrected chi connectivity index (χ1v) is 12.8. The summed E-state index contributed by atoms with van der Waals surface area (Å²) in [5.74, 6) is -0.401. The molecule has 1 aliphatic heterocycles. The zero-order valence-corrected chi connectivity index (χ0v) is 21.9. The zero-order valence-electron chi connectivity index (χ0n) is 20.2. The van der Waals surface area contributed by atoms with Crippen molar-refractivity contribution in [3.8, 4) is 16.5 Å². The van der Waals surface area contributed by atoms with Crippen LogP contribution < -0.4 is 4.90 Å². The summed E-state index contributed by atoms with van der Waals surface area (Å²) in [5, 5.41) is 11.6. The summed E-state index contributed by atoms with van der Waals surface area (Å²) >= 11 is 3.37. The number of fused-ring (bicyclic) bond motifs is 2. The molecule has 0 N–H and O–H groups in total. The molecule has 1 aliphatic rings. The molecule has 8 heteroatoms. The first-order valence-electron chi connectivity index (χ1n) is 11.2. The Kier molecular flexibility index (Phi) is 6.11. The Morgan fingerprint density at radius 2 is 1.70 bits per heavy atom. The third-order valence-electron chi connectivity index (χ3n) is 6.16. The average molecular weight is 518 g/mol. The van der Waals surface area contributed by atoms with Crippen molar-refractivity contribution in [3.63, 3.8) is 0 Å². The molecule has 6 nitrogen and oxygen atoms in total. The van der Waals surface area contributed by atoms with Gasteiger partial charge in [-0.3, -0.25) is 4.79 Å². The number of amides is 1. The zero-order chi connectivity index (χ0) is 26.3. The molecule has 4 aromatic rings. The Balaban J connectivity index is 1.48. The van der Waals surface area contributed by atoms with Crippen molar-refractivity contribution in [1.82, 2.24) is 4.90 Å². The van der Waals surface area contributed by atoms with Gasteiger partial charge in [-0.1, -0.05) is 18.2 Å². The van der Waals surface area contributed by atoms with Crippen molar-refractivity contribution >= 4 is 60.5 Å². The van der Waals surface area contributed by atoms with Crippen LogP contribution in [-0.2, 0) is 4.79 Å². The van der Waals surface area contributed by atoms with Gasteiger partial charge in [0.05, 0.1) is 24.9 Å². The molecule has 3 heterocycles. The van der Waals surface area contributed by atoms with E-state index in [0.717, 1.165) is 15.0 Å². The number of hydrogen-bond donors (Lipinski definition) is 0. The highest BCUT2D eigenvalue weighted by molar-refractivity contribution is 7.23. The van der Waals surface area contributed by atoms with Gasteiger partial charge in [0.15, 0.2) is 0 Å². The molecule has 0 spiro atoms. The number of thiophene rings is 2. The summed E-state index contributed by atoms with van der Waals surface area (Å²) in [6, 6.07) is 19.0. The Hall–Kier alpha value is -4.68. The Morgan fingerprint density at radius 1 is 1.03 bits per heavy atom. The highest BCUT2D eigenvalue weighted by atomic mass is 32.1. The molecule has 0 fully saturated rings. The minimum atomic E-state index is -0.401. The maximum absolute atomic E-state index is 12.8. The molecule has 0 saturated heterocycles. The maximum Gasteiger partial charge on any atom is 0.274 e. The minimum absolute atomic E-state index is 0.0315. The SMILES string of the molecule is [C-]#[N+]C1=C(/C=C/c2cc3cc4sc(-c5ccc(N(C)C)cc5)cc4cc3s2)C(=O)N(C)/C1=C(\C#N)[N+]#[C-]. The molecular weight excluding hydrogens is 498 g/mol. The number of benzene rings is 2. The summed E-state index contributed by atoms with van der Waals surface area (Å²) in [7, 11) is 5.54. The van der Waals surface area contributed by atoms with Crippen LogP contribution in [0.2, 0.25) is 0 Å². The topological polar surface area (TPSA) is 56.1 Å². The third-order valence-corrected chi connectivity index (χ3v) is 8.37. The van der Waals surface area contributed by atoms with Gasteiger partial charge in [0.1, 0.15) is 0 Å². The lowest BCUT2D eigenvalue weighted by atomic mass is 10.1. The van der Waals surface area contributed by atoms with Gasteiger partial charge in [0.25, 0.3) is 5.70 Å². The smallest absolute Gasteiger partial charge is 0.274 e. The van der Waals surface area contributed by atoms with Gasteiger partial charge < -0.3 is 9.80 Å². The molecule has 0 bridgehead atoms. The first-order chi connectivity index (χ1) is 17.8. The van der Waals surface area contributed by atoms with E-state index in [1.54, 1.807) is 34.8 Å². The number of nitrogens with zero attached hydrogens (tertiary/aromatic N) is 5. The highest BCUT2D eigenvalue weighted by Crippen LogP contribution is 2.39. The van der Waals surface area contributed by atoms with E-state index in [1.807, 2.05) is 20.2 Å². The predicted octanol–water partition coefficient (Wildman–Crippen LogP) is 7.16. The van der Waals surface area contributed by atoms with Crippen LogP contribution in [0.15, 0.2) is 77.3 Å². The molecule has 5 rings (SSSR count).